The molecule has 0 unspecified atom stereocenters. The summed E-state index contributed by atoms with van der Waals surface area (Å²) in [5, 5.41) is 3.22. The van der Waals surface area contributed by atoms with Gasteiger partial charge in [0.1, 0.15) is 11.4 Å². The molecule has 1 aromatic heterocycles. The Bertz CT molecular complexity index is 1040. The third kappa shape index (κ3) is 2.65. The third-order valence-electron chi connectivity index (χ3n) is 5.10. The van der Waals surface area contributed by atoms with Crippen LogP contribution in [-0.4, -0.2) is 21.8 Å². The van der Waals surface area contributed by atoms with Crippen LogP contribution in [0, 0.1) is 5.82 Å². The summed E-state index contributed by atoms with van der Waals surface area (Å²) in [4.78, 5) is 31.3. The SMILES string of the molecule is CC[C@]1(c2ccccc2)NC(=O)N(Cc2ccc(F)c3cccnc23)C1=O. The molecular weight excluding hydrogens is 345 g/mol. The van der Waals surface area contributed by atoms with E-state index in [0.717, 1.165) is 5.56 Å². The van der Waals surface area contributed by atoms with E-state index in [0.29, 0.717) is 22.9 Å². The molecule has 5 nitrogen and oxygen atoms in total. The smallest absolute Gasteiger partial charge is 0.319 e. The molecule has 0 aliphatic carbocycles. The van der Waals surface area contributed by atoms with Gasteiger partial charge in [0, 0.05) is 11.6 Å². The van der Waals surface area contributed by atoms with Gasteiger partial charge in [-0.2, -0.15) is 0 Å². The molecule has 0 saturated carbocycles. The van der Waals surface area contributed by atoms with E-state index in [1.807, 2.05) is 37.3 Å². The zero-order chi connectivity index (χ0) is 19.0. The predicted octanol–water partition coefficient (Wildman–Crippen LogP) is 3.73. The van der Waals surface area contributed by atoms with E-state index >= 15 is 0 Å². The Morgan fingerprint density at radius 2 is 1.85 bits per heavy atom. The maximum atomic E-state index is 14.0. The number of carbonyl (C=O) groups is 2. The van der Waals surface area contributed by atoms with Crippen molar-refractivity contribution >= 4 is 22.8 Å². The van der Waals surface area contributed by atoms with Crippen molar-refractivity contribution in [2.45, 2.75) is 25.4 Å². The highest BCUT2D eigenvalue weighted by atomic mass is 19.1. The van der Waals surface area contributed by atoms with Gasteiger partial charge in [-0.05, 0) is 35.7 Å². The Kier molecular flexibility index (Phi) is 4.11. The number of imide groups is 1. The van der Waals surface area contributed by atoms with Crippen molar-refractivity contribution in [3.05, 3.63) is 77.7 Å². The molecule has 136 valence electrons. The molecule has 1 saturated heterocycles. The second-order valence-corrected chi connectivity index (χ2v) is 6.55. The van der Waals surface area contributed by atoms with Gasteiger partial charge in [-0.25, -0.2) is 9.18 Å². The summed E-state index contributed by atoms with van der Waals surface area (Å²) in [6.45, 7) is 1.90. The summed E-state index contributed by atoms with van der Waals surface area (Å²) in [6.07, 6.45) is 2.00. The molecule has 0 spiro atoms. The van der Waals surface area contributed by atoms with Gasteiger partial charge >= 0.3 is 6.03 Å². The lowest BCUT2D eigenvalue weighted by molar-refractivity contribution is -0.132. The van der Waals surface area contributed by atoms with Crippen LogP contribution in [0.5, 0.6) is 0 Å². The first-order chi connectivity index (χ1) is 13.1. The second-order valence-electron chi connectivity index (χ2n) is 6.55. The number of hydrogen-bond acceptors (Lipinski definition) is 3. The number of nitrogens with zero attached hydrogens (tertiary/aromatic N) is 2. The molecule has 1 aliphatic rings. The highest BCUT2D eigenvalue weighted by molar-refractivity contribution is 6.07. The van der Waals surface area contributed by atoms with Crippen LogP contribution in [0.25, 0.3) is 10.9 Å². The summed E-state index contributed by atoms with van der Waals surface area (Å²) < 4.78 is 14.0. The molecule has 3 aromatic rings. The van der Waals surface area contributed by atoms with E-state index < -0.39 is 11.6 Å². The van der Waals surface area contributed by atoms with Gasteiger partial charge in [-0.15, -0.1) is 0 Å². The molecule has 0 radical (unpaired) electrons. The number of pyridine rings is 1. The van der Waals surface area contributed by atoms with Gasteiger partial charge < -0.3 is 5.32 Å². The van der Waals surface area contributed by atoms with Crippen LogP contribution < -0.4 is 5.32 Å². The van der Waals surface area contributed by atoms with Gasteiger partial charge in [-0.1, -0.05) is 43.3 Å². The first-order valence-corrected chi connectivity index (χ1v) is 8.78. The number of benzene rings is 2. The molecule has 1 N–H and O–H groups in total. The maximum absolute atomic E-state index is 14.0. The van der Waals surface area contributed by atoms with E-state index in [4.69, 9.17) is 0 Å². The predicted molar refractivity (Wildman–Crippen MR) is 99.2 cm³/mol. The lowest BCUT2D eigenvalue weighted by Gasteiger charge is -2.25. The summed E-state index contributed by atoms with van der Waals surface area (Å²) in [6, 6.07) is 14.9. The van der Waals surface area contributed by atoms with Crippen molar-refractivity contribution in [1.82, 2.24) is 15.2 Å². The molecule has 1 aliphatic heterocycles. The molecule has 0 bridgehead atoms. The minimum absolute atomic E-state index is 0.0348. The Labute approximate surface area is 155 Å². The number of urea groups is 1. The second kappa shape index (κ2) is 6.46. The number of rotatable bonds is 4. The van der Waals surface area contributed by atoms with Gasteiger partial charge in [0.2, 0.25) is 0 Å². The fourth-order valence-electron chi connectivity index (χ4n) is 3.63. The Hall–Kier alpha value is -3.28. The van der Waals surface area contributed by atoms with Crippen molar-refractivity contribution in [2.75, 3.05) is 0 Å². The van der Waals surface area contributed by atoms with Crippen molar-refractivity contribution in [1.29, 1.82) is 0 Å². The fraction of sp³-hybridized carbons (Fsp3) is 0.190. The first kappa shape index (κ1) is 17.1. The number of carbonyl (C=O) groups excluding carboxylic acids is 2. The average Bonchev–Trinajstić information content (AvgIpc) is 2.96. The molecule has 6 heteroatoms. The minimum Gasteiger partial charge on any atom is -0.319 e. The van der Waals surface area contributed by atoms with Gasteiger partial charge in [-0.3, -0.25) is 14.7 Å². The van der Waals surface area contributed by atoms with Crippen molar-refractivity contribution in [2.24, 2.45) is 0 Å². The minimum atomic E-state index is -1.08. The summed E-state index contributed by atoms with van der Waals surface area (Å²) >= 11 is 0. The number of nitrogens with one attached hydrogen (secondary N) is 1. The van der Waals surface area contributed by atoms with Crippen molar-refractivity contribution < 1.29 is 14.0 Å². The first-order valence-electron chi connectivity index (χ1n) is 8.78. The lowest BCUT2D eigenvalue weighted by atomic mass is 9.87. The number of hydrogen-bond donors (Lipinski definition) is 1. The van der Waals surface area contributed by atoms with Crippen LogP contribution >= 0.6 is 0 Å². The largest absolute Gasteiger partial charge is 0.325 e. The molecule has 27 heavy (non-hydrogen) atoms. The summed E-state index contributed by atoms with van der Waals surface area (Å²) in [7, 11) is 0. The van der Waals surface area contributed by atoms with E-state index in [9.17, 15) is 14.0 Å². The van der Waals surface area contributed by atoms with Crippen LogP contribution in [0.4, 0.5) is 9.18 Å². The highest BCUT2D eigenvalue weighted by Crippen LogP contribution is 2.33. The molecule has 2 aromatic carbocycles. The standard InChI is InChI=1S/C21H18FN3O2/c1-2-21(15-7-4-3-5-8-15)19(26)25(20(27)24-21)13-14-10-11-17(22)16-9-6-12-23-18(14)16/h3-12H,2,13H2,1H3,(H,24,27)/t21-/m1/s1. The van der Waals surface area contributed by atoms with Crippen LogP contribution in [-0.2, 0) is 16.9 Å². The van der Waals surface area contributed by atoms with E-state index in [1.165, 1.54) is 11.0 Å². The molecule has 4 rings (SSSR count). The average molecular weight is 363 g/mol. The molecule has 1 fully saturated rings. The van der Waals surface area contributed by atoms with Crippen molar-refractivity contribution in [3.63, 3.8) is 0 Å². The van der Waals surface area contributed by atoms with Crippen LogP contribution in [0.15, 0.2) is 60.8 Å². The van der Waals surface area contributed by atoms with Crippen LogP contribution in [0.3, 0.4) is 0 Å². The van der Waals surface area contributed by atoms with E-state index in [2.05, 4.69) is 10.3 Å². The maximum Gasteiger partial charge on any atom is 0.325 e. The Balaban J connectivity index is 1.73. The number of amides is 3. The van der Waals surface area contributed by atoms with Gasteiger partial charge in [0.15, 0.2) is 0 Å². The fourth-order valence-corrected chi connectivity index (χ4v) is 3.63. The van der Waals surface area contributed by atoms with Gasteiger partial charge in [0.25, 0.3) is 5.91 Å². The van der Waals surface area contributed by atoms with Crippen LogP contribution in [0.1, 0.15) is 24.5 Å². The highest BCUT2D eigenvalue weighted by Gasteiger charge is 2.51. The summed E-state index contributed by atoms with van der Waals surface area (Å²) in [5.41, 5.74) is 0.736. The lowest BCUT2D eigenvalue weighted by Crippen LogP contribution is -2.43. The quantitative estimate of drug-likeness (QED) is 0.719. The van der Waals surface area contributed by atoms with Crippen molar-refractivity contribution in [3.8, 4) is 0 Å². The monoisotopic (exact) mass is 363 g/mol. The molecular formula is C21H18FN3O2. The zero-order valence-electron chi connectivity index (χ0n) is 14.8. The number of aromatic nitrogens is 1. The summed E-state index contributed by atoms with van der Waals surface area (Å²) in [5.74, 6) is -0.694. The zero-order valence-corrected chi connectivity index (χ0v) is 14.8. The normalized spacial score (nSPS) is 19.6. The van der Waals surface area contributed by atoms with E-state index in [-0.39, 0.29) is 18.3 Å². The Morgan fingerprint density at radius 3 is 2.59 bits per heavy atom. The number of halogens is 1. The third-order valence-corrected chi connectivity index (χ3v) is 5.10. The molecule has 2 heterocycles. The van der Waals surface area contributed by atoms with E-state index in [1.54, 1.807) is 24.4 Å². The van der Waals surface area contributed by atoms with Gasteiger partial charge in [0.05, 0.1) is 12.1 Å². The topological polar surface area (TPSA) is 62.3 Å². The van der Waals surface area contributed by atoms with Crippen LogP contribution in [0.2, 0.25) is 0 Å². The number of fused-ring (bicyclic) bond motifs is 1. The molecule has 3 amide bonds. The Morgan fingerprint density at radius 1 is 1.07 bits per heavy atom. The molecule has 1 atom stereocenters.